The Hall–Kier alpha value is -3.58. The molecule has 2 aliphatic rings. The third-order valence-electron chi connectivity index (χ3n) is 6.40. The molecule has 3 aromatic rings. The number of halogens is 1. The Morgan fingerprint density at radius 3 is 2.43 bits per heavy atom. The number of carbonyl (C=O) groups is 2. The lowest BCUT2D eigenvalue weighted by atomic mass is 10.1. The molecule has 0 spiro atoms. The molecule has 0 bridgehead atoms. The van der Waals surface area contributed by atoms with E-state index < -0.39 is 0 Å². The number of rotatable bonds is 3. The van der Waals surface area contributed by atoms with Crippen LogP contribution in [0.25, 0.3) is 6.08 Å². The summed E-state index contributed by atoms with van der Waals surface area (Å²) in [5.74, 6) is -0.380. The maximum atomic E-state index is 13.2. The normalized spacial score (nSPS) is 17.1. The minimum absolute atomic E-state index is 0.0431. The van der Waals surface area contributed by atoms with E-state index in [4.69, 9.17) is 0 Å². The van der Waals surface area contributed by atoms with Crippen molar-refractivity contribution in [3.63, 3.8) is 0 Å². The van der Waals surface area contributed by atoms with Crippen molar-refractivity contribution in [2.24, 2.45) is 0 Å². The molecule has 1 fully saturated rings. The van der Waals surface area contributed by atoms with Crippen LogP contribution in [0.4, 0.5) is 15.8 Å². The van der Waals surface area contributed by atoms with Crippen molar-refractivity contribution < 1.29 is 14.0 Å². The summed E-state index contributed by atoms with van der Waals surface area (Å²) >= 11 is 1.44. The van der Waals surface area contributed by atoms with Crippen molar-refractivity contribution in [2.75, 3.05) is 43.0 Å². The van der Waals surface area contributed by atoms with Crippen LogP contribution in [0.15, 0.2) is 76.5 Å². The van der Waals surface area contributed by atoms with Gasteiger partial charge in [-0.3, -0.25) is 9.59 Å². The third kappa shape index (κ3) is 4.82. The predicted molar refractivity (Wildman–Crippen MR) is 139 cm³/mol. The van der Waals surface area contributed by atoms with Gasteiger partial charge in [0, 0.05) is 49.4 Å². The van der Waals surface area contributed by atoms with Gasteiger partial charge in [-0.25, -0.2) is 4.39 Å². The first-order chi connectivity index (χ1) is 16.9. The van der Waals surface area contributed by atoms with Crippen molar-refractivity contribution in [3.8, 4) is 0 Å². The molecular weight excluding hydrogens is 461 g/mol. The summed E-state index contributed by atoms with van der Waals surface area (Å²) in [4.78, 5) is 33.5. The number of thioether (sulfide) groups is 1. The second kappa shape index (κ2) is 9.58. The maximum absolute atomic E-state index is 13.2. The lowest BCUT2D eigenvalue weighted by molar-refractivity contribution is -0.114. The molecule has 7 heteroatoms. The monoisotopic (exact) mass is 487 g/mol. The molecule has 2 aliphatic heterocycles. The van der Waals surface area contributed by atoms with E-state index in [1.807, 2.05) is 60.4 Å². The fourth-order valence-corrected chi connectivity index (χ4v) is 5.53. The second-order valence-corrected chi connectivity index (χ2v) is 9.91. The Morgan fingerprint density at radius 2 is 1.71 bits per heavy atom. The smallest absolute Gasteiger partial charge is 0.264 e. The van der Waals surface area contributed by atoms with Crippen LogP contribution in [0.5, 0.6) is 0 Å². The van der Waals surface area contributed by atoms with E-state index in [9.17, 15) is 14.0 Å². The summed E-state index contributed by atoms with van der Waals surface area (Å²) in [5.41, 5.74) is 4.41. The van der Waals surface area contributed by atoms with Gasteiger partial charge in [-0.2, -0.15) is 0 Å². The van der Waals surface area contributed by atoms with Gasteiger partial charge in [-0.05, 0) is 61.0 Å². The van der Waals surface area contributed by atoms with E-state index in [2.05, 4.69) is 4.90 Å². The van der Waals surface area contributed by atoms with Crippen LogP contribution in [-0.2, 0) is 4.79 Å². The summed E-state index contributed by atoms with van der Waals surface area (Å²) in [6.07, 6.45) is 1.92. The number of anilines is 2. The molecule has 2 heterocycles. The van der Waals surface area contributed by atoms with Crippen LogP contribution < -0.4 is 9.80 Å². The Balaban J connectivity index is 1.30. The molecule has 1 saturated heterocycles. The largest absolute Gasteiger partial charge is 0.368 e. The number of amides is 2. The number of hydrogen-bond donors (Lipinski definition) is 0. The average Bonchev–Trinajstić information content (AvgIpc) is 2.87. The minimum atomic E-state index is -0.255. The summed E-state index contributed by atoms with van der Waals surface area (Å²) in [6, 6.07) is 20.1. The van der Waals surface area contributed by atoms with E-state index in [1.165, 1.54) is 23.9 Å². The number of hydrogen-bond acceptors (Lipinski definition) is 4. The van der Waals surface area contributed by atoms with E-state index >= 15 is 0 Å². The van der Waals surface area contributed by atoms with Gasteiger partial charge in [0.2, 0.25) is 0 Å². The van der Waals surface area contributed by atoms with Gasteiger partial charge in [0.1, 0.15) is 5.82 Å². The number of piperazine rings is 1. The van der Waals surface area contributed by atoms with Crippen molar-refractivity contribution >= 4 is 41.0 Å². The number of aryl methyl sites for hydroxylation is 1. The number of carbonyl (C=O) groups excluding carboxylic acids is 2. The summed E-state index contributed by atoms with van der Waals surface area (Å²) in [7, 11) is 1.75. The van der Waals surface area contributed by atoms with Gasteiger partial charge in [0.15, 0.2) is 0 Å². The first kappa shape index (κ1) is 23.2. The van der Waals surface area contributed by atoms with Crippen molar-refractivity contribution in [2.45, 2.75) is 11.8 Å². The molecule has 35 heavy (non-hydrogen) atoms. The predicted octanol–water partition coefficient (Wildman–Crippen LogP) is 5.21. The lowest BCUT2D eigenvalue weighted by Crippen LogP contribution is -2.48. The van der Waals surface area contributed by atoms with E-state index in [1.54, 1.807) is 24.1 Å². The molecule has 3 aromatic carbocycles. The first-order valence-electron chi connectivity index (χ1n) is 11.6. The molecule has 0 N–H and O–H groups in total. The topological polar surface area (TPSA) is 43.9 Å². The molecular formula is C28H26FN3O2S. The van der Waals surface area contributed by atoms with Crippen molar-refractivity contribution in [1.29, 1.82) is 0 Å². The number of benzene rings is 3. The molecule has 0 aromatic heterocycles. The Labute approximate surface area is 208 Å². The first-order valence-corrected chi connectivity index (χ1v) is 12.4. The van der Waals surface area contributed by atoms with Gasteiger partial charge >= 0.3 is 0 Å². The zero-order valence-electron chi connectivity index (χ0n) is 19.7. The molecule has 0 radical (unpaired) electrons. The van der Waals surface area contributed by atoms with Gasteiger partial charge in [0.05, 0.1) is 10.6 Å². The van der Waals surface area contributed by atoms with Crippen LogP contribution in [0, 0.1) is 12.7 Å². The quantitative estimate of drug-likeness (QED) is 0.476. The van der Waals surface area contributed by atoms with Crippen LogP contribution in [0.2, 0.25) is 0 Å². The second-order valence-electron chi connectivity index (χ2n) is 8.83. The maximum Gasteiger partial charge on any atom is 0.264 e. The molecule has 5 rings (SSSR count). The van der Waals surface area contributed by atoms with Crippen molar-refractivity contribution in [1.82, 2.24) is 4.90 Å². The Kier molecular flexibility index (Phi) is 6.34. The fraction of sp³-hybridized carbons (Fsp3) is 0.214. The highest BCUT2D eigenvalue weighted by molar-refractivity contribution is 8.04. The molecule has 178 valence electrons. The van der Waals surface area contributed by atoms with Crippen LogP contribution in [-0.4, -0.2) is 49.9 Å². The van der Waals surface area contributed by atoms with Crippen LogP contribution in [0.3, 0.4) is 0 Å². The minimum Gasteiger partial charge on any atom is -0.368 e. The zero-order valence-corrected chi connectivity index (χ0v) is 20.5. The van der Waals surface area contributed by atoms with Gasteiger partial charge in [-0.15, -0.1) is 0 Å². The van der Waals surface area contributed by atoms with Crippen LogP contribution in [0.1, 0.15) is 21.5 Å². The van der Waals surface area contributed by atoms with Gasteiger partial charge in [0.25, 0.3) is 11.8 Å². The molecule has 0 saturated carbocycles. The molecule has 5 nitrogen and oxygen atoms in total. The fourth-order valence-electron chi connectivity index (χ4n) is 4.44. The number of likely N-dealkylation sites (N-methyl/N-ethyl adjacent to an activating group) is 1. The van der Waals surface area contributed by atoms with Gasteiger partial charge < -0.3 is 14.7 Å². The number of fused-ring (bicyclic) bond motifs is 1. The highest BCUT2D eigenvalue weighted by Crippen LogP contribution is 2.42. The van der Waals surface area contributed by atoms with Crippen LogP contribution >= 0.6 is 11.8 Å². The summed E-state index contributed by atoms with van der Waals surface area (Å²) in [5, 5.41) is 0. The zero-order chi connectivity index (χ0) is 24.5. The standard InChI is InChI=1S/C28H26FN3O2S/c1-19-4-3-5-20(16-19)17-26-28(34)30(2)24-18-21(6-11-25(24)35-26)27(33)32-14-12-31(13-15-32)23-9-7-22(29)8-10-23/h3-11,16-18H,12-15H2,1-2H3. The molecule has 0 atom stereocenters. The highest BCUT2D eigenvalue weighted by Gasteiger charge is 2.29. The highest BCUT2D eigenvalue weighted by atomic mass is 32.2. The SMILES string of the molecule is Cc1cccc(C=C2Sc3ccc(C(=O)N4CCN(c5ccc(F)cc5)CC4)cc3N(C)C2=O)c1. The Bertz CT molecular complexity index is 1310. The summed E-state index contributed by atoms with van der Waals surface area (Å²) in [6.45, 7) is 4.56. The average molecular weight is 488 g/mol. The molecule has 2 amide bonds. The van der Waals surface area contributed by atoms with E-state index in [0.29, 0.717) is 36.6 Å². The van der Waals surface area contributed by atoms with E-state index in [0.717, 1.165) is 27.4 Å². The molecule has 0 unspecified atom stereocenters. The van der Waals surface area contributed by atoms with Crippen molar-refractivity contribution in [3.05, 3.63) is 94.1 Å². The lowest BCUT2D eigenvalue weighted by Gasteiger charge is -2.36. The Morgan fingerprint density at radius 1 is 0.971 bits per heavy atom. The molecule has 0 aliphatic carbocycles. The third-order valence-corrected chi connectivity index (χ3v) is 7.48. The van der Waals surface area contributed by atoms with E-state index in [-0.39, 0.29) is 17.6 Å². The number of nitrogens with zero attached hydrogens (tertiary/aromatic N) is 3. The summed E-state index contributed by atoms with van der Waals surface area (Å²) < 4.78 is 13.2. The van der Waals surface area contributed by atoms with Gasteiger partial charge in [-0.1, -0.05) is 41.6 Å².